The number of hydrogen-bond donors (Lipinski definition) is 1. The molecule has 0 atom stereocenters. The number of nitro benzene ring substituents is 1. The molecule has 1 amide bonds. The van der Waals surface area contributed by atoms with Crippen molar-refractivity contribution in [2.45, 2.75) is 6.92 Å². The van der Waals surface area contributed by atoms with Gasteiger partial charge in [0.05, 0.1) is 16.8 Å². The Kier molecular flexibility index (Phi) is 5.35. The fourth-order valence-electron chi connectivity index (χ4n) is 1.69. The molecule has 0 saturated carbocycles. The van der Waals surface area contributed by atoms with Crippen LogP contribution in [0, 0.1) is 17.0 Å². The van der Waals surface area contributed by atoms with Gasteiger partial charge in [-0.05, 0) is 30.7 Å². The molecule has 2 aromatic rings. The number of carbonyl (C=O) groups excluding carboxylic acids is 1. The maximum Gasteiger partial charge on any atom is 0.311 e. The Bertz CT molecular complexity index is 732. The van der Waals surface area contributed by atoms with E-state index in [1.54, 1.807) is 37.4 Å². The first-order chi connectivity index (χ1) is 11.1. The molecule has 0 aliphatic carbocycles. The van der Waals surface area contributed by atoms with Crippen LogP contribution in [0.1, 0.15) is 11.3 Å². The first kappa shape index (κ1) is 16.1. The number of nitrogens with zero attached hydrogens (tertiary/aromatic N) is 3. The van der Waals surface area contributed by atoms with Crippen LogP contribution in [-0.2, 0) is 4.79 Å². The van der Waals surface area contributed by atoms with Gasteiger partial charge in [-0.25, -0.2) is 5.43 Å². The predicted octanol–water partition coefficient (Wildman–Crippen LogP) is 1.83. The van der Waals surface area contributed by atoms with Crippen LogP contribution in [0.4, 0.5) is 5.69 Å². The molecule has 8 heteroatoms. The van der Waals surface area contributed by atoms with E-state index in [1.807, 2.05) is 0 Å². The lowest BCUT2D eigenvalue weighted by atomic mass is 10.2. The average Bonchev–Trinajstić information content (AvgIpc) is 2.54. The topological polar surface area (TPSA) is 107 Å². The van der Waals surface area contributed by atoms with Gasteiger partial charge in [0.2, 0.25) is 0 Å². The fraction of sp³-hybridized carbons (Fsp3) is 0.133. The molecular weight excluding hydrogens is 300 g/mol. The van der Waals surface area contributed by atoms with Crippen LogP contribution < -0.4 is 10.2 Å². The van der Waals surface area contributed by atoms with E-state index < -0.39 is 10.8 Å². The first-order valence-corrected chi connectivity index (χ1v) is 6.67. The number of carbonyl (C=O) groups is 1. The molecule has 118 valence electrons. The minimum atomic E-state index is -0.556. The molecule has 2 rings (SSSR count). The molecule has 0 bridgehead atoms. The lowest BCUT2D eigenvalue weighted by Gasteiger charge is -2.06. The number of rotatable bonds is 6. The van der Waals surface area contributed by atoms with Gasteiger partial charge < -0.3 is 4.74 Å². The fourth-order valence-corrected chi connectivity index (χ4v) is 1.69. The highest BCUT2D eigenvalue weighted by atomic mass is 16.6. The molecule has 0 aliphatic heterocycles. The average molecular weight is 314 g/mol. The summed E-state index contributed by atoms with van der Waals surface area (Å²) in [4.78, 5) is 26.0. The Balaban J connectivity index is 1.90. The van der Waals surface area contributed by atoms with Gasteiger partial charge in [0, 0.05) is 12.3 Å². The molecule has 1 heterocycles. The predicted molar refractivity (Wildman–Crippen MR) is 83.3 cm³/mol. The summed E-state index contributed by atoms with van der Waals surface area (Å²) in [7, 11) is 0. The van der Waals surface area contributed by atoms with Crippen LogP contribution in [0.2, 0.25) is 0 Å². The number of ether oxygens (including phenoxy) is 1. The Hall–Kier alpha value is -3.29. The first-order valence-electron chi connectivity index (χ1n) is 6.67. The Labute approximate surface area is 132 Å². The standard InChI is InChI=1S/C15H14N4O4/c1-11-5-6-14(13(8-11)19(21)22)23-10-15(20)18-17-9-12-4-2-3-7-16-12/h2-9H,10H2,1H3,(H,18,20). The number of pyridine rings is 1. The summed E-state index contributed by atoms with van der Waals surface area (Å²) < 4.78 is 5.17. The zero-order valence-electron chi connectivity index (χ0n) is 12.3. The van der Waals surface area contributed by atoms with Crippen molar-refractivity contribution in [2.24, 2.45) is 5.10 Å². The van der Waals surface area contributed by atoms with Gasteiger partial charge in [0.25, 0.3) is 5.91 Å². The summed E-state index contributed by atoms with van der Waals surface area (Å²) >= 11 is 0. The highest BCUT2D eigenvalue weighted by Gasteiger charge is 2.16. The second-order valence-electron chi connectivity index (χ2n) is 4.56. The molecule has 0 radical (unpaired) electrons. The van der Waals surface area contributed by atoms with E-state index in [1.165, 1.54) is 18.3 Å². The van der Waals surface area contributed by atoms with Crippen molar-refractivity contribution >= 4 is 17.8 Å². The van der Waals surface area contributed by atoms with Crippen LogP contribution in [0.3, 0.4) is 0 Å². The third-order valence-electron chi connectivity index (χ3n) is 2.74. The number of nitro groups is 1. The Morgan fingerprint density at radius 2 is 2.26 bits per heavy atom. The SMILES string of the molecule is Cc1ccc(OCC(=O)NN=Cc2ccccn2)c([N+](=O)[O-])c1. The van der Waals surface area contributed by atoms with Gasteiger partial charge in [-0.2, -0.15) is 5.10 Å². The molecule has 8 nitrogen and oxygen atoms in total. The maximum atomic E-state index is 11.6. The Morgan fingerprint density at radius 3 is 2.96 bits per heavy atom. The molecule has 0 fully saturated rings. The second kappa shape index (κ2) is 7.64. The quantitative estimate of drug-likeness (QED) is 0.497. The molecular formula is C15H14N4O4. The van der Waals surface area contributed by atoms with Crippen molar-refractivity contribution in [1.29, 1.82) is 0 Å². The van der Waals surface area contributed by atoms with Gasteiger partial charge in [-0.3, -0.25) is 19.9 Å². The number of aromatic nitrogens is 1. The van der Waals surface area contributed by atoms with Crippen LogP contribution in [0.5, 0.6) is 5.75 Å². The summed E-state index contributed by atoms with van der Waals surface area (Å²) in [6.45, 7) is 1.35. The second-order valence-corrected chi connectivity index (χ2v) is 4.56. The summed E-state index contributed by atoms with van der Waals surface area (Å²) in [5, 5.41) is 14.7. The molecule has 1 aromatic heterocycles. The van der Waals surface area contributed by atoms with Gasteiger partial charge in [-0.1, -0.05) is 12.1 Å². The zero-order chi connectivity index (χ0) is 16.7. The number of hydrazone groups is 1. The number of aryl methyl sites for hydroxylation is 1. The third kappa shape index (κ3) is 4.88. The van der Waals surface area contributed by atoms with Crippen LogP contribution in [0.25, 0.3) is 0 Å². The zero-order valence-corrected chi connectivity index (χ0v) is 12.3. The summed E-state index contributed by atoms with van der Waals surface area (Å²) in [5.74, 6) is -0.503. The van der Waals surface area contributed by atoms with Crippen LogP contribution in [0.15, 0.2) is 47.7 Å². The smallest absolute Gasteiger partial charge is 0.311 e. The van der Waals surface area contributed by atoms with E-state index in [0.717, 1.165) is 5.56 Å². The molecule has 0 unspecified atom stereocenters. The highest BCUT2D eigenvalue weighted by molar-refractivity contribution is 5.81. The van der Waals surface area contributed by atoms with E-state index in [-0.39, 0.29) is 18.0 Å². The van der Waals surface area contributed by atoms with E-state index in [4.69, 9.17) is 4.74 Å². The van der Waals surface area contributed by atoms with Crippen molar-refractivity contribution in [2.75, 3.05) is 6.61 Å². The maximum absolute atomic E-state index is 11.6. The van der Waals surface area contributed by atoms with Crippen molar-refractivity contribution in [3.05, 3.63) is 64.0 Å². The van der Waals surface area contributed by atoms with Crippen molar-refractivity contribution in [3.8, 4) is 5.75 Å². The molecule has 0 aliphatic rings. The molecule has 0 saturated heterocycles. The van der Waals surface area contributed by atoms with Crippen molar-refractivity contribution in [3.63, 3.8) is 0 Å². The highest BCUT2D eigenvalue weighted by Crippen LogP contribution is 2.27. The van der Waals surface area contributed by atoms with Gasteiger partial charge >= 0.3 is 5.69 Å². The van der Waals surface area contributed by atoms with Gasteiger partial charge in [0.1, 0.15) is 0 Å². The van der Waals surface area contributed by atoms with E-state index in [0.29, 0.717) is 5.69 Å². The normalized spacial score (nSPS) is 10.5. The molecule has 0 spiro atoms. The summed E-state index contributed by atoms with van der Waals surface area (Å²) in [6.07, 6.45) is 2.98. The lowest BCUT2D eigenvalue weighted by Crippen LogP contribution is -2.24. The van der Waals surface area contributed by atoms with Crippen molar-refractivity contribution < 1.29 is 14.5 Å². The molecule has 23 heavy (non-hydrogen) atoms. The summed E-state index contributed by atoms with van der Waals surface area (Å²) in [6, 6.07) is 9.78. The largest absolute Gasteiger partial charge is 0.477 e. The van der Waals surface area contributed by atoms with Crippen molar-refractivity contribution in [1.82, 2.24) is 10.4 Å². The van der Waals surface area contributed by atoms with Crippen LogP contribution >= 0.6 is 0 Å². The molecule has 1 N–H and O–H groups in total. The van der Waals surface area contributed by atoms with Crippen LogP contribution in [-0.4, -0.2) is 28.6 Å². The van der Waals surface area contributed by atoms with Gasteiger partial charge in [0.15, 0.2) is 12.4 Å². The lowest BCUT2D eigenvalue weighted by molar-refractivity contribution is -0.385. The monoisotopic (exact) mass is 314 g/mol. The van der Waals surface area contributed by atoms with E-state index in [2.05, 4.69) is 15.5 Å². The molecule has 1 aromatic carbocycles. The van der Waals surface area contributed by atoms with E-state index >= 15 is 0 Å². The number of amides is 1. The number of nitrogens with one attached hydrogen (secondary N) is 1. The number of benzene rings is 1. The van der Waals surface area contributed by atoms with E-state index in [9.17, 15) is 14.9 Å². The minimum Gasteiger partial charge on any atom is -0.477 e. The third-order valence-corrected chi connectivity index (χ3v) is 2.74. The number of hydrogen-bond acceptors (Lipinski definition) is 6. The van der Waals surface area contributed by atoms with Gasteiger partial charge in [-0.15, -0.1) is 0 Å². The Morgan fingerprint density at radius 1 is 1.43 bits per heavy atom. The summed E-state index contributed by atoms with van der Waals surface area (Å²) in [5.41, 5.74) is 3.39. The minimum absolute atomic E-state index is 0.0319.